The Morgan fingerprint density at radius 1 is 1.43 bits per heavy atom. The van der Waals surface area contributed by atoms with Gasteiger partial charge in [0.1, 0.15) is 5.69 Å². The molecule has 1 saturated carbocycles. The second kappa shape index (κ2) is 5.64. The molecule has 0 bridgehead atoms. The van der Waals surface area contributed by atoms with Gasteiger partial charge in [0.05, 0.1) is 17.5 Å². The van der Waals surface area contributed by atoms with E-state index in [1.54, 1.807) is 12.3 Å². The van der Waals surface area contributed by atoms with Crippen molar-refractivity contribution in [2.75, 3.05) is 25.5 Å². The summed E-state index contributed by atoms with van der Waals surface area (Å²) in [5.74, 6) is 0.200. The Morgan fingerprint density at radius 3 is 3.00 bits per heavy atom. The van der Waals surface area contributed by atoms with E-state index in [0.29, 0.717) is 25.2 Å². The largest absolute Gasteiger partial charge is 0.389 e. The van der Waals surface area contributed by atoms with Crippen molar-refractivity contribution < 1.29 is 9.90 Å². The highest BCUT2D eigenvalue weighted by Crippen LogP contribution is 2.39. The number of carbonyl (C=O) groups is 1. The summed E-state index contributed by atoms with van der Waals surface area (Å²) < 4.78 is 0. The molecule has 1 amide bonds. The molecule has 1 aromatic heterocycles. The Bertz CT molecular complexity index is 517. The van der Waals surface area contributed by atoms with Crippen LogP contribution >= 0.6 is 0 Å². The minimum Gasteiger partial charge on any atom is -0.389 e. The van der Waals surface area contributed by atoms with Crippen LogP contribution in [0.2, 0.25) is 0 Å². The molecular weight excluding hydrogens is 266 g/mol. The number of hydrogen-bond acceptors (Lipinski definition) is 4. The summed E-state index contributed by atoms with van der Waals surface area (Å²) in [4.78, 5) is 18.6. The first-order valence-electron chi connectivity index (χ1n) is 7.78. The smallest absolute Gasteiger partial charge is 0.272 e. The molecule has 1 saturated heterocycles. The van der Waals surface area contributed by atoms with Gasteiger partial charge in [0.15, 0.2) is 0 Å². The monoisotopic (exact) mass is 289 g/mol. The first kappa shape index (κ1) is 14.3. The van der Waals surface area contributed by atoms with E-state index in [1.807, 2.05) is 18.0 Å². The molecule has 2 heterocycles. The lowest BCUT2D eigenvalue weighted by Gasteiger charge is -2.47. The predicted octanol–water partition coefficient (Wildman–Crippen LogP) is 1.89. The number of fused-ring (bicyclic) bond motifs is 1. The van der Waals surface area contributed by atoms with Crippen LogP contribution in [0.15, 0.2) is 18.3 Å². The zero-order chi connectivity index (χ0) is 14.9. The maximum atomic E-state index is 12.5. The van der Waals surface area contributed by atoms with E-state index in [0.717, 1.165) is 31.4 Å². The fourth-order valence-electron chi connectivity index (χ4n) is 3.59. The molecule has 1 aliphatic heterocycles. The minimum absolute atomic E-state index is 0.0229. The summed E-state index contributed by atoms with van der Waals surface area (Å²) in [6, 6.07) is 3.62. The summed E-state index contributed by atoms with van der Waals surface area (Å²) in [6.07, 6.45) is 6.53. The maximum absolute atomic E-state index is 12.5. The van der Waals surface area contributed by atoms with Gasteiger partial charge in [0.2, 0.25) is 0 Å². The molecule has 5 heteroatoms. The third-order valence-electron chi connectivity index (χ3n) is 4.99. The fourth-order valence-corrected chi connectivity index (χ4v) is 3.59. The number of carbonyl (C=O) groups excluding carboxylic acids is 1. The summed E-state index contributed by atoms with van der Waals surface area (Å²) in [6.45, 7) is 1.28. The first-order chi connectivity index (χ1) is 10.1. The zero-order valence-electron chi connectivity index (χ0n) is 12.5. The van der Waals surface area contributed by atoms with Crippen LogP contribution in [-0.4, -0.2) is 46.6 Å². The van der Waals surface area contributed by atoms with E-state index in [-0.39, 0.29) is 11.8 Å². The van der Waals surface area contributed by atoms with Gasteiger partial charge in [-0.15, -0.1) is 0 Å². The standard InChI is InChI=1S/C16H23N3O2/c1-17-13-5-6-14(18-10-13)15(20)19-9-8-16(21)7-3-2-4-12(16)11-19/h5-6,10,12,17,21H,2-4,7-9,11H2,1H3. The number of hydrogen-bond donors (Lipinski definition) is 2. The average molecular weight is 289 g/mol. The highest BCUT2D eigenvalue weighted by Gasteiger charge is 2.43. The molecule has 2 N–H and O–H groups in total. The SMILES string of the molecule is CNc1ccc(C(=O)N2CCC3(O)CCCCC3C2)nc1. The van der Waals surface area contributed by atoms with Crippen LogP contribution in [0.4, 0.5) is 5.69 Å². The van der Waals surface area contributed by atoms with Gasteiger partial charge < -0.3 is 15.3 Å². The molecule has 3 rings (SSSR count). The van der Waals surface area contributed by atoms with Gasteiger partial charge in [-0.3, -0.25) is 4.79 Å². The molecule has 2 aliphatic rings. The number of aromatic nitrogens is 1. The van der Waals surface area contributed by atoms with Crippen LogP contribution in [0.25, 0.3) is 0 Å². The van der Waals surface area contributed by atoms with Gasteiger partial charge in [-0.2, -0.15) is 0 Å². The minimum atomic E-state index is -0.543. The number of nitrogens with zero attached hydrogens (tertiary/aromatic N) is 2. The highest BCUT2D eigenvalue weighted by atomic mass is 16.3. The Morgan fingerprint density at radius 2 is 2.29 bits per heavy atom. The molecule has 21 heavy (non-hydrogen) atoms. The molecule has 5 nitrogen and oxygen atoms in total. The van der Waals surface area contributed by atoms with E-state index in [9.17, 15) is 9.90 Å². The van der Waals surface area contributed by atoms with Crippen molar-refractivity contribution in [3.63, 3.8) is 0 Å². The fraction of sp³-hybridized carbons (Fsp3) is 0.625. The topological polar surface area (TPSA) is 65.5 Å². The second-order valence-corrected chi connectivity index (χ2v) is 6.23. The van der Waals surface area contributed by atoms with Gasteiger partial charge in [-0.1, -0.05) is 12.8 Å². The molecule has 0 radical (unpaired) electrons. The number of amides is 1. The Kier molecular flexibility index (Phi) is 3.85. The molecule has 114 valence electrons. The first-order valence-corrected chi connectivity index (χ1v) is 7.78. The summed E-state index contributed by atoms with van der Waals surface area (Å²) in [5.41, 5.74) is 0.834. The number of aliphatic hydroxyl groups is 1. The van der Waals surface area contributed by atoms with Crippen molar-refractivity contribution in [1.29, 1.82) is 0 Å². The van der Waals surface area contributed by atoms with Gasteiger partial charge in [0, 0.05) is 26.1 Å². The molecule has 1 aliphatic carbocycles. The van der Waals surface area contributed by atoms with Gasteiger partial charge in [0.25, 0.3) is 5.91 Å². The van der Waals surface area contributed by atoms with E-state index in [2.05, 4.69) is 10.3 Å². The number of likely N-dealkylation sites (tertiary alicyclic amines) is 1. The number of nitrogens with one attached hydrogen (secondary N) is 1. The predicted molar refractivity (Wildman–Crippen MR) is 81.2 cm³/mol. The van der Waals surface area contributed by atoms with Crippen molar-refractivity contribution >= 4 is 11.6 Å². The van der Waals surface area contributed by atoms with Crippen molar-refractivity contribution in [2.45, 2.75) is 37.7 Å². The van der Waals surface area contributed by atoms with Crippen molar-refractivity contribution in [3.8, 4) is 0 Å². The van der Waals surface area contributed by atoms with Crippen LogP contribution in [0.5, 0.6) is 0 Å². The number of piperidine rings is 1. The van der Waals surface area contributed by atoms with Crippen LogP contribution in [0, 0.1) is 5.92 Å². The van der Waals surface area contributed by atoms with Gasteiger partial charge in [-0.05, 0) is 31.4 Å². The van der Waals surface area contributed by atoms with E-state index in [1.165, 1.54) is 0 Å². The number of anilines is 1. The van der Waals surface area contributed by atoms with Gasteiger partial charge >= 0.3 is 0 Å². The lowest BCUT2D eigenvalue weighted by atomic mass is 9.71. The Balaban J connectivity index is 1.70. The number of pyridine rings is 1. The molecular formula is C16H23N3O2. The third kappa shape index (κ3) is 2.75. The summed E-state index contributed by atoms with van der Waals surface area (Å²) >= 11 is 0. The Labute approximate surface area is 125 Å². The van der Waals surface area contributed by atoms with Crippen LogP contribution in [0.1, 0.15) is 42.6 Å². The Hall–Kier alpha value is -1.62. The van der Waals surface area contributed by atoms with Crippen LogP contribution in [0.3, 0.4) is 0 Å². The van der Waals surface area contributed by atoms with Crippen LogP contribution < -0.4 is 5.32 Å². The molecule has 0 spiro atoms. The molecule has 2 fully saturated rings. The molecule has 1 aromatic rings. The van der Waals surface area contributed by atoms with Crippen molar-refractivity contribution in [1.82, 2.24) is 9.88 Å². The van der Waals surface area contributed by atoms with Crippen LogP contribution in [-0.2, 0) is 0 Å². The number of rotatable bonds is 2. The molecule has 2 atom stereocenters. The highest BCUT2D eigenvalue weighted by molar-refractivity contribution is 5.92. The lowest BCUT2D eigenvalue weighted by Crippen LogP contribution is -2.54. The quantitative estimate of drug-likeness (QED) is 0.872. The van der Waals surface area contributed by atoms with E-state index < -0.39 is 5.60 Å². The van der Waals surface area contributed by atoms with Crippen molar-refractivity contribution in [3.05, 3.63) is 24.0 Å². The molecule has 2 unspecified atom stereocenters. The van der Waals surface area contributed by atoms with Gasteiger partial charge in [-0.25, -0.2) is 4.98 Å². The normalized spacial score (nSPS) is 28.9. The third-order valence-corrected chi connectivity index (χ3v) is 4.99. The second-order valence-electron chi connectivity index (χ2n) is 6.23. The zero-order valence-corrected chi connectivity index (χ0v) is 12.5. The maximum Gasteiger partial charge on any atom is 0.272 e. The molecule has 0 aromatic carbocycles. The lowest BCUT2D eigenvalue weighted by molar-refractivity contribution is -0.0886. The summed E-state index contributed by atoms with van der Waals surface area (Å²) in [7, 11) is 1.83. The van der Waals surface area contributed by atoms with Crippen molar-refractivity contribution in [2.24, 2.45) is 5.92 Å². The average Bonchev–Trinajstić information content (AvgIpc) is 2.53. The van der Waals surface area contributed by atoms with E-state index in [4.69, 9.17) is 0 Å². The summed E-state index contributed by atoms with van der Waals surface area (Å²) in [5, 5.41) is 13.7. The van der Waals surface area contributed by atoms with E-state index >= 15 is 0 Å².